The first kappa shape index (κ1) is 16.6. The van der Waals surface area contributed by atoms with Gasteiger partial charge in [0.15, 0.2) is 0 Å². The minimum atomic E-state index is -0.211. The highest BCUT2D eigenvalue weighted by Crippen LogP contribution is 2.27. The van der Waals surface area contributed by atoms with Gasteiger partial charge in [0, 0.05) is 30.6 Å². The Hall–Kier alpha value is -1.30. The summed E-state index contributed by atoms with van der Waals surface area (Å²) < 4.78 is 11.8. The molecular formula is C17H23ClN2O3. The zero-order valence-corrected chi connectivity index (χ0v) is 13.9. The summed E-state index contributed by atoms with van der Waals surface area (Å²) in [6.07, 6.45) is 3.52. The van der Waals surface area contributed by atoms with Gasteiger partial charge in [-0.1, -0.05) is 17.7 Å². The van der Waals surface area contributed by atoms with Crippen LogP contribution in [0.15, 0.2) is 24.3 Å². The van der Waals surface area contributed by atoms with Gasteiger partial charge in [0.05, 0.1) is 0 Å². The van der Waals surface area contributed by atoms with Crippen LogP contribution in [0.2, 0.25) is 5.02 Å². The summed E-state index contributed by atoms with van der Waals surface area (Å²) in [5.74, 6) is 0.547. The molecule has 2 aliphatic heterocycles. The number of nitrogens with zero attached hydrogens (tertiary/aromatic N) is 1. The van der Waals surface area contributed by atoms with Crippen molar-refractivity contribution in [1.29, 1.82) is 0 Å². The molecule has 3 rings (SSSR count). The molecule has 0 spiro atoms. The second-order valence-corrected chi connectivity index (χ2v) is 6.70. The van der Waals surface area contributed by atoms with E-state index in [1.54, 1.807) is 0 Å². The maximum Gasteiger partial charge on any atom is 0.220 e. The van der Waals surface area contributed by atoms with E-state index in [-0.39, 0.29) is 24.2 Å². The van der Waals surface area contributed by atoms with Gasteiger partial charge in [0.1, 0.15) is 18.1 Å². The quantitative estimate of drug-likeness (QED) is 0.915. The fourth-order valence-electron chi connectivity index (χ4n) is 3.30. The molecule has 2 heterocycles. The summed E-state index contributed by atoms with van der Waals surface area (Å²) in [7, 11) is 0. The molecule has 0 aromatic heterocycles. The Morgan fingerprint density at radius 2 is 2.09 bits per heavy atom. The van der Waals surface area contributed by atoms with Crippen LogP contribution in [0.4, 0.5) is 0 Å². The van der Waals surface area contributed by atoms with Crippen molar-refractivity contribution in [2.75, 3.05) is 19.7 Å². The third kappa shape index (κ3) is 4.37. The van der Waals surface area contributed by atoms with Gasteiger partial charge in [-0.25, -0.2) is 0 Å². The Kier molecular flexibility index (Phi) is 5.41. The number of primary amides is 1. The molecule has 126 valence electrons. The van der Waals surface area contributed by atoms with E-state index in [0.29, 0.717) is 18.1 Å². The first-order valence-electron chi connectivity index (χ1n) is 8.19. The summed E-state index contributed by atoms with van der Waals surface area (Å²) in [6, 6.07) is 7.51. The first-order chi connectivity index (χ1) is 11.1. The summed E-state index contributed by atoms with van der Waals surface area (Å²) >= 11 is 5.98. The number of carbonyl (C=O) groups excluding carboxylic acids is 1. The summed E-state index contributed by atoms with van der Waals surface area (Å²) in [5.41, 5.74) is 5.44. The lowest BCUT2D eigenvalue weighted by atomic mass is 9.96. The molecule has 1 aromatic rings. The highest BCUT2D eigenvalue weighted by Gasteiger charge is 2.32. The average molecular weight is 339 g/mol. The normalized spacial score (nSPS) is 26.8. The van der Waals surface area contributed by atoms with Crippen LogP contribution >= 0.6 is 11.6 Å². The zero-order chi connectivity index (χ0) is 16.2. The van der Waals surface area contributed by atoms with Crippen LogP contribution in [-0.2, 0) is 9.53 Å². The minimum absolute atomic E-state index is 0.00775. The van der Waals surface area contributed by atoms with Crippen LogP contribution in [0.5, 0.6) is 5.75 Å². The highest BCUT2D eigenvalue weighted by atomic mass is 35.5. The van der Waals surface area contributed by atoms with E-state index < -0.39 is 0 Å². The summed E-state index contributed by atoms with van der Waals surface area (Å²) in [4.78, 5) is 13.7. The van der Waals surface area contributed by atoms with E-state index in [4.69, 9.17) is 26.8 Å². The van der Waals surface area contributed by atoms with E-state index >= 15 is 0 Å². The smallest absolute Gasteiger partial charge is 0.220 e. The lowest BCUT2D eigenvalue weighted by molar-refractivity contribution is -0.139. The van der Waals surface area contributed by atoms with Gasteiger partial charge in [-0.05, 0) is 43.9 Å². The fourth-order valence-corrected chi connectivity index (χ4v) is 3.48. The SMILES string of the molecule is NC(=O)C1CCOC(N2CCC(Oc3cccc(Cl)c3)CC2)C1. The predicted octanol–water partition coefficient (Wildman–Crippen LogP) is 2.42. The van der Waals surface area contributed by atoms with Gasteiger partial charge < -0.3 is 15.2 Å². The van der Waals surface area contributed by atoms with Crippen LogP contribution < -0.4 is 10.5 Å². The van der Waals surface area contributed by atoms with Gasteiger partial charge in [-0.15, -0.1) is 0 Å². The van der Waals surface area contributed by atoms with Crippen LogP contribution in [0.1, 0.15) is 25.7 Å². The van der Waals surface area contributed by atoms with Crippen molar-refractivity contribution >= 4 is 17.5 Å². The monoisotopic (exact) mass is 338 g/mol. The Labute approximate surface area is 141 Å². The molecule has 5 nitrogen and oxygen atoms in total. The van der Waals surface area contributed by atoms with E-state index in [2.05, 4.69) is 4.90 Å². The highest BCUT2D eigenvalue weighted by molar-refractivity contribution is 6.30. The van der Waals surface area contributed by atoms with Crippen LogP contribution in [0, 0.1) is 5.92 Å². The number of rotatable bonds is 4. The predicted molar refractivity (Wildman–Crippen MR) is 88.3 cm³/mol. The molecule has 1 amide bonds. The van der Waals surface area contributed by atoms with Crippen molar-refractivity contribution < 1.29 is 14.3 Å². The van der Waals surface area contributed by atoms with Crippen molar-refractivity contribution in [2.24, 2.45) is 11.7 Å². The molecule has 0 saturated carbocycles. The topological polar surface area (TPSA) is 64.8 Å². The van der Waals surface area contributed by atoms with Crippen molar-refractivity contribution in [3.63, 3.8) is 0 Å². The molecule has 0 aliphatic carbocycles. The van der Waals surface area contributed by atoms with Crippen molar-refractivity contribution in [1.82, 2.24) is 4.90 Å². The fraction of sp³-hybridized carbons (Fsp3) is 0.588. The Morgan fingerprint density at radius 1 is 1.30 bits per heavy atom. The Bertz CT molecular complexity index is 546. The molecule has 2 fully saturated rings. The van der Waals surface area contributed by atoms with Crippen molar-refractivity contribution in [3.05, 3.63) is 29.3 Å². The molecule has 0 radical (unpaired) electrons. The van der Waals surface area contributed by atoms with Crippen LogP contribution in [-0.4, -0.2) is 42.8 Å². The number of likely N-dealkylation sites (tertiary alicyclic amines) is 1. The number of benzene rings is 1. The Balaban J connectivity index is 1.49. The van der Waals surface area contributed by atoms with Gasteiger partial charge in [0.2, 0.25) is 5.91 Å². The van der Waals surface area contributed by atoms with E-state index in [9.17, 15) is 4.79 Å². The third-order valence-corrected chi connectivity index (χ3v) is 4.88. The maximum absolute atomic E-state index is 11.4. The van der Waals surface area contributed by atoms with Gasteiger partial charge in [-0.3, -0.25) is 9.69 Å². The van der Waals surface area contributed by atoms with E-state index in [1.165, 1.54) is 0 Å². The lowest BCUT2D eigenvalue weighted by Gasteiger charge is -2.40. The zero-order valence-electron chi connectivity index (χ0n) is 13.1. The minimum Gasteiger partial charge on any atom is -0.490 e. The van der Waals surface area contributed by atoms with Crippen molar-refractivity contribution in [2.45, 2.75) is 38.0 Å². The largest absolute Gasteiger partial charge is 0.490 e. The number of hydrogen-bond donors (Lipinski definition) is 1. The number of piperidine rings is 1. The van der Waals surface area contributed by atoms with Gasteiger partial charge in [-0.2, -0.15) is 0 Å². The van der Waals surface area contributed by atoms with Crippen LogP contribution in [0.3, 0.4) is 0 Å². The number of ether oxygens (including phenoxy) is 2. The number of hydrogen-bond acceptors (Lipinski definition) is 4. The van der Waals surface area contributed by atoms with Crippen molar-refractivity contribution in [3.8, 4) is 5.75 Å². The number of halogens is 1. The van der Waals surface area contributed by atoms with Crippen LogP contribution in [0.25, 0.3) is 0 Å². The molecule has 1 aromatic carbocycles. The molecular weight excluding hydrogens is 316 g/mol. The third-order valence-electron chi connectivity index (χ3n) is 4.65. The molecule has 23 heavy (non-hydrogen) atoms. The van der Waals surface area contributed by atoms with E-state index in [0.717, 1.165) is 38.1 Å². The summed E-state index contributed by atoms with van der Waals surface area (Å²) in [6.45, 7) is 2.42. The maximum atomic E-state index is 11.4. The molecule has 2 N–H and O–H groups in total. The van der Waals surface area contributed by atoms with Gasteiger partial charge >= 0.3 is 0 Å². The number of nitrogens with two attached hydrogens (primary N) is 1. The second-order valence-electron chi connectivity index (χ2n) is 6.26. The summed E-state index contributed by atoms with van der Waals surface area (Å²) in [5, 5.41) is 0.688. The molecule has 6 heteroatoms. The first-order valence-corrected chi connectivity index (χ1v) is 8.57. The molecule has 2 atom stereocenters. The molecule has 2 aliphatic rings. The average Bonchev–Trinajstić information content (AvgIpc) is 2.56. The molecule has 2 unspecified atom stereocenters. The Morgan fingerprint density at radius 3 is 2.78 bits per heavy atom. The molecule has 2 saturated heterocycles. The standard InChI is InChI=1S/C17H23ClN2O3/c18-13-2-1-3-15(11-13)23-14-4-7-20(8-5-14)16-10-12(17(19)21)6-9-22-16/h1-3,11-12,14,16H,4-10H2,(H2,19,21). The number of carbonyl (C=O) groups is 1. The van der Waals surface area contributed by atoms with E-state index in [1.807, 2.05) is 24.3 Å². The second kappa shape index (κ2) is 7.51. The van der Waals surface area contributed by atoms with Gasteiger partial charge in [0.25, 0.3) is 0 Å². The number of amides is 1. The lowest BCUT2D eigenvalue weighted by Crippen LogP contribution is -2.49. The molecule has 0 bridgehead atoms.